The molecule has 0 atom stereocenters. The van der Waals surface area contributed by atoms with Crippen molar-refractivity contribution in [3.05, 3.63) is 101 Å². The molecule has 126 valence electrons. The standard InChI is InChI=1S/C23H16O2S/c1-15-11-13-17(14-12-15)26-23-19-10-6-5-9-18(19)21(24)22(25)20(23)16-7-3-2-4-8-16/h2-14H,1H3. The van der Waals surface area contributed by atoms with Crippen molar-refractivity contribution in [2.75, 3.05) is 0 Å². The molecule has 1 aliphatic rings. The van der Waals surface area contributed by atoms with Gasteiger partial charge in [0.05, 0.1) is 0 Å². The van der Waals surface area contributed by atoms with Crippen molar-refractivity contribution in [1.82, 2.24) is 0 Å². The molecule has 1 aliphatic carbocycles. The molecule has 3 aromatic carbocycles. The number of fused-ring (bicyclic) bond motifs is 1. The van der Waals surface area contributed by atoms with E-state index in [0.717, 1.165) is 20.9 Å². The lowest BCUT2D eigenvalue weighted by atomic mass is 9.86. The number of Topliss-reactive ketones (excluding diaryl/α,β-unsaturated/α-hetero) is 2. The second-order valence-corrected chi connectivity index (χ2v) is 7.27. The third-order valence-electron chi connectivity index (χ3n) is 4.38. The van der Waals surface area contributed by atoms with Gasteiger partial charge in [0.2, 0.25) is 11.6 Å². The maximum absolute atomic E-state index is 12.9. The van der Waals surface area contributed by atoms with Gasteiger partial charge in [-0.05, 0) is 24.6 Å². The maximum Gasteiger partial charge on any atom is 0.235 e. The van der Waals surface area contributed by atoms with Crippen LogP contribution in [-0.2, 0) is 4.79 Å². The predicted octanol–water partition coefficient (Wildman–Crippen LogP) is 5.42. The fraction of sp³-hybridized carbons (Fsp3) is 0.0435. The van der Waals surface area contributed by atoms with Crippen molar-refractivity contribution in [2.45, 2.75) is 11.8 Å². The van der Waals surface area contributed by atoms with Crippen molar-refractivity contribution in [1.29, 1.82) is 0 Å². The fourth-order valence-electron chi connectivity index (χ4n) is 3.05. The predicted molar refractivity (Wildman–Crippen MR) is 106 cm³/mol. The summed E-state index contributed by atoms with van der Waals surface area (Å²) < 4.78 is 0. The third-order valence-corrected chi connectivity index (χ3v) is 5.52. The van der Waals surface area contributed by atoms with Gasteiger partial charge in [0, 0.05) is 26.5 Å². The lowest BCUT2D eigenvalue weighted by Gasteiger charge is -2.21. The highest BCUT2D eigenvalue weighted by atomic mass is 32.2. The molecule has 26 heavy (non-hydrogen) atoms. The van der Waals surface area contributed by atoms with Crippen LogP contribution < -0.4 is 0 Å². The Labute approximate surface area is 156 Å². The molecule has 0 unspecified atom stereocenters. The van der Waals surface area contributed by atoms with Crippen LogP contribution in [0.3, 0.4) is 0 Å². The van der Waals surface area contributed by atoms with Gasteiger partial charge in [-0.1, -0.05) is 84.1 Å². The van der Waals surface area contributed by atoms with Gasteiger partial charge in [-0.25, -0.2) is 0 Å². The zero-order chi connectivity index (χ0) is 18.1. The average Bonchev–Trinajstić information content (AvgIpc) is 2.68. The summed E-state index contributed by atoms with van der Waals surface area (Å²) in [5.74, 6) is -0.878. The summed E-state index contributed by atoms with van der Waals surface area (Å²) >= 11 is 1.53. The number of ketones is 2. The molecule has 0 saturated carbocycles. The summed E-state index contributed by atoms with van der Waals surface area (Å²) in [5, 5.41) is 0. The van der Waals surface area contributed by atoms with E-state index in [4.69, 9.17) is 0 Å². The highest BCUT2D eigenvalue weighted by molar-refractivity contribution is 8.08. The number of hydrogen-bond donors (Lipinski definition) is 0. The number of thioether (sulfide) groups is 1. The zero-order valence-corrected chi connectivity index (χ0v) is 15.0. The molecule has 0 fully saturated rings. The normalized spacial score (nSPS) is 13.7. The minimum Gasteiger partial charge on any atom is -0.285 e. The van der Waals surface area contributed by atoms with Crippen LogP contribution in [0.2, 0.25) is 0 Å². The van der Waals surface area contributed by atoms with Gasteiger partial charge in [-0.15, -0.1) is 0 Å². The Morgan fingerprint density at radius 1 is 0.654 bits per heavy atom. The second kappa shape index (κ2) is 6.77. The first-order valence-electron chi connectivity index (χ1n) is 8.38. The van der Waals surface area contributed by atoms with Crippen molar-refractivity contribution >= 4 is 33.8 Å². The Morgan fingerprint density at radius 2 is 1.27 bits per heavy atom. The van der Waals surface area contributed by atoms with Gasteiger partial charge in [0.25, 0.3) is 0 Å². The molecule has 0 amide bonds. The SMILES string of the molecule is Cc1ccc(SC2=C(c3ccccc3)C(=O)C(=O)c3ccccc32)cc1. The van der Waals surface area contributed by atoms with Gasteiger partial charge < -0.3 is 0 Å². The monoisotopic (exact) mass is 356 g/mol. The molecule has 0 radical (unpaired) electrons. The number of hydrogen-bond acceptors (Lipinski definition) is 3. The summed E-state index contributed by atoms with van der Waals surface area (Å²) in [6.07, 6.45) is 0. The first kappa shape index (κ1) is 16.6. The van der Waals surface area contributed by atoms with Gasteiger partial charge in [0.15, 0.2) is 0 Å². The van der Waals surface area contributed by atoms with E-state index in [1.165, 1.54) is 17.3 Å². The van der Waals surface area contributed by atoms with E-state index in [0.29, 0.717) is 11.1 Å². The number of aryl methyl sites for hydroxylation is 1. The molecule has 3 aromatic rings. The number of benzene rings is 3. The molecular weight excluding hydrogens is 340 g/mol. The van der Waals surface area contributed by atoms with Gasteiger partial charge in [-0.3, -0.25) is 9.59 Å². The summed E-state index contributed by atoms with van der Waals surface area (Å²) in [7, 11) is 0. The highest BCUT2D eigenvalue weighted by Crippen LogP contribution is 2.44. The van der Waals surface area contributed by atoms with Crippen molar-refractivity contribution in [3.63, 3.8) is 0 Å². The molecule has 0 heterocycles. The largest absolute Gasteiger partial charge is 0.285 e. The average molecular weight is 356 g/mol. The molecular formula is C23H16O2S. The van der Waals surface area contributed by atoms with Crippen molar-refractivity contribution < 1.29 is 9.59 Å². The molecule has 0 saturated heterocycles. The third kappa shape index (κ3) is 2.91. The van der Waals surface area contributed by atoms with Crippen LogP contribution >= 0.6 is 11.8 Å². The van der Waals surface area contributed by atoms with E-state index < -0.39 is 11.6 Å². The lowest BCUT2D eigenvalue weighted by molar-refractivity contribution is -0.110. The van der Waals surface area contributed by atoms with E-state index in [9.17, 15) is 9.59 Å². The Bertz CT molecular complexity index is 1030. The maximum atomic E-state index is 12.9. The molecule has 4 rings (SSSR count). The molecule has 0 spiro atoms. The van der Waals surface area contributed by atoms with Crippen molar-refractivity contribution in [2.24, 2.45) is 0 Å². The van der Waals surface area contributed by atoms with Crippen LogP contribution in [-0.4, -0.2) is 11.6 Å². The summed E-state index contributed by atoms with van der Waals surface area (Å²) in [6.45, 7) is 2.04. The minimum absolute atomic E-state index is 0.437. The van der Waals surface area contributed by atoms with Gasteiger partial charge in [0.1, 0.15) is 0 Å². The molecule has 0 bridgehead atoms. The minimum atomic E-state index is -0.440. The summed E-state index contributed by atoms with van der Waals surface area (Å²) in [5.41, 5.74) is 3.74. The fourth-order valence-corrected chi connectivity index (χ4v) is 4.16. The number of allylic oxidation sites excluding steroid dienone is 1. The smallest absolute Gasteiger partial charge is 0.235 e. The molecule has 0 aliphatic heterocycles. The molecule has 2 nitrogen and oxygen atoms in total. The lowest BCUT2D eigenvalue weighted by Crippen LogP contribution is -2.22. The molecule has 0 N–H and O–H groups in total. The van der Waals surface area contributed by atoms with Crippen LogP contribution in [0.1, 0.15) is 27.0 Å². The Morgan fingerprint density at radius 3 is 1.96 bits per heavy atom. The van der Waals surface area contributed by atoms with E-state index >= 15 is 0 Å². The molecule has 0 aromatic heterocycles. The van der Waals surface area contributed by atoms with E-state index in [-0.39, 0.29) is 0 Å². The Balaban J connectivity index is 1.95. The topological polar surface area (TPSA) is 34.1 Å². The number of rotatable bonds is 3. The molecule has 3 heteroatoms. The van der Waals surface area contributed by atoms with Crippen LogP contribution in [0.25, 0.3) is 10.5 Å². The van der Waals surface area contributed by atoms with Crippen molar-refractivity contribution in [3.8, 4) is 0 Å². The van der Waals surface area contributed by atoms with E-state index in [1.54, 1.807) is 12.1 Å². The second-order valence-electron chi connectivity index (χ2n) is 6.19. The van der Waals surface area contributed by atoms with E-state index in [2.05, 4.69) is 0 Å². The quantitative estimate of drug-likeness (QED) is 0.588. The highest BCUT2D eigenvalue weighted by Gasteiger charge is 2.33. The van der Waals surface area contributed by atoms with Crippen LogP contribution in [0, 0.1) is 6.92 Å². The van der Waals surface area contributed by atoms with Crippen LogP contribution in [0.15, 0.2) is 83.8 Å². The summed E-state index contributed by atoms with van der Waals surface area (Å²) in [6, 6.07) is 25.0. The Kier molecular flexibility index (Phi) is 4.31. The first-order chi connectivity index (χ1) is 12.6. The van der Waals surface area contributed by atoms with Gasteiger partial charge >= 0.3 is 0 Å². The Hall–Kier alpha value is -2.91. The van der Waals surface area contributed by atoms with E-state index in [1.807, 2.05) is 73.7 Å². The number of carbonyl (C=O) groups excluding carboxylic acids is 2. The zero-order valence-electron chi connectivity index (χ0n) is 14.2. The van der Waals surface area contributed by atoms with Crippen LogP contribution in [0.4, 0.5) is 0 Å². The van der Waals surface area contributed by atoms with Crippen LogP contribution in [0.5, 0.6) is 0 Å². The summed E-state index contributed by atoms with van der Waals surface area (Å²) in [4.78, 5) is 27.4. The van der Waals surface area contributed by atoms with Gasteiger partial charge in [-0.2, -0.15) is 0 Å². The first-order valence-corrected chi connectivity index (χ1v) is 9.19. The number of carbonyl (C=O) groups is 2.